The summed E-state index contributed by atoms with van der Waals surface area (Å²) < 4.78 is 25.7. The zero-order valence-electron chi connectivity index (χ0n) is 91.4. The number of aromatic amines is 3. The summed E-state index contributed by atoms with van der Waals surface area (Å²) in [6, 6.07) is 84.5. The van der Waals surface area contributed by atoms with Gasteiger partial charge in [-0.15, -0.1) is 14.0 Å². The molecule has 142 heavy (non-hydrogen) atoms. The lowest BCUT2D eigenvalue weighted by Crippen LogP contribution is -2.39. The number of pyridine rings is 1. The number of halogens is 1. The van der Waals surface area contributed by atoms with Crippen molar-refractivity contribution in [1.82, 2.24) is 54.5 Å². The molecule has 16 aromatic rings. The topological polar surface area (TPSA) is 149 Å². The standard InChI is InChI=1S/C17H25N3.C17H22N2.C17H24N2.C16H17F.C15H20N2O.C15H20N2.C15H17N.C14H18N2/c1-17(2,3)16-8-6-14(7-9-16)15-12-18-20(13-15)11-10-19(4)5;1-17(2,3)14-9-7-13(8-10-14)15-12-18-19-11-5-4-6-16(15)19;1-5-6-11-19-13-15(12-18-19)14-7-9-16(10-8-14)17(2,3)4;1-16(2,3)13-10-8-12(9-11-13)14-6-4-5-7-15(14)17;1-15(2,3)14-6-4-12(5-7-14)13-10-16-17(11-13)8-9-18;1-11-14(10-16-17(11)5)12-6-8-13(9-7-12)15(2,3)4;1-15(2,3)13-9-7-12(8-10-13)14-6-4-5-11-16-14;1-14(2,3)12-7-5-11(6-8-12)13-9-10-16(4)15-13/h6-9,12-13H,10-11H2,1-5H3;7-10,12H,4-6,11H2,1-3H3;7-10,12-13H,5-6,11H2,1-4H3;4-11H,1-3H3;4-7,10-11,18H,8-9H2,1-3H3;6-10H,1-5H3;4-11H,1-3H3;5-10H,1-4H3/p+3. The van der Waals surface area contributed by atoms with E-state index in [1.807, 2.05) is 108 Å². The molecule has 4 N–H and O–H groups in total. The normalized spacial score (nSPS) is 12.2. The molecule has 0 amide bonds. The van der Waals surface area contributed by atoms with Crippen molar-refractivity contribution in [3.8, 4) is 89.3 Å². The van der Waals surface area contributed by atoms with Gasteiger partial charge >= 0.3 is 0 Å². The maximum Gasteiger partial charge on any atom is 0.203 e. The quantitative estimate of drug-likeness (QED) is 0.0708. The first-order chi connectivity index (χ1) is 66.8. The SMILES string of the molecule is CC(C)(C)c1ccc(-c2c[nH][n+](CCO)c2)cc1.CC(C)(C)c1ccc(-c2ccccc2F)cc1.CC(C)(C)c1ccc(-c2ccccn2)cc1.CC(C)(C)c1ccc(-c2cnn3c2CCCC3)cc1.CCCC[n+]1cc(-c2ccc(C(C)(C)C)cc2)c[nH]1.CN(C)CC[n+]1cc(-c2ccc(C(C)(C)C)cc2)c[nH]1.Cc1c(-c2ccc(C(C)(C)C)cc2)cnn1C.Cn1ccc(-c2ccc(C(C)(C)C)cc2)n1. The highest BCUT2D eigenvalue weighted by Crippen LogP contribution is 2.36. The lowest BCUT2D eigenvalue weighted by Gasteiger charge is -2.19. The number of H-pyrrole nitrogens is 3. The van der Waals surface area contributed by atoms with Gasteiger partial charge in [0.1, 0.15) is 12.4 Å². The molecular weight excluding hydrogens is 1740 g/mol. The number of nitrogens with zero attached hydrogens (tertiary/aromatic N) is 11. The van der Waals surface area contributed by atoms with Crippen molar-refractivity contribution < 1.29 is 23.5 Å². The maximum atomic E-state index is 13.6. The lowest BCUT2D eigenvalue weighted by molar-refractivity contribution is -0.750. The number of fused-ring (bicyclic) bond motifs is 1. The van der Waals surface area contributed by atoms with Gasteiger partial charge in [0.05, 0.1) is 65.6 Å². The fourth-order valence-electron chi connectivity index (χ4n) is 16.3. The van der Waals surface area contributed by atoms with Crippen LogP contribution >= 0.6 is 0 Å². The van der Waals surface area contributed by atoms with Crippen LogP contribution < -0.4 is 14.0 Å². The molecule has 0 saturated carbocycles. The van der Waals surface area contributed by atoms with Crippen LogP contribution in [0.1, 0.15) is 255 Å². The third-order valence-corrected chi connectivity index (χ3v) is 25.9. The number of aliphatic hydroxyl groups is 1. The van der Waals surface area contributed by atoms with Gasteiger partial charge in [-0.1, -0.05) is 398 Å². The molecule has 9 aromatic carbocycles. The summed E-state index contributed by atoms with van der Waals surface area (Å²) in [5.41, 5.74) is 33.5. The highest BCUT2D eigenvalue weighted by atomic mass is 19.1. The van der Waals surface area contributed by atoms with E-state index in [9.17, 15) is 4.39 Å². The summed E-state index contributed by atoms with van der Waals surface area (Å²) in [6.07, 6.45) is 26.4. The van der Waals surface area contributed by atoms with Crippen LogP contribution in [0.3, 0.4) is 0 Å². The van der Waals surface area contributed by atoms with E-state index in [1.54, 1.807) is 12.1 Å². The van der Waals surface area contributed by atoms with Crippen LogP contribution in [-0.4, -0.2) is 86.9 Å². The van der Waals surface area contributed by atoms with Crippen molar-refractivity contribution in [3.63, 3.8) is 0 Å². The largest absolute Gasteiger partial charge is 0.390 e. The molecule has 15 nitrogen and oxygen atoms in total. The van der Waals surface area contributed by atoms with Gasteiger partial charge in [0, 0.05) is 78.7 Å². The lowest BCUT2D eigenvalue weighted by atomic mass is 9.86. The van der Waals surface area contributed by atoms with Crippen LogP contribution in [0.4, 0.5) is 4.39 Å². The number of rotatable bonds is 16. The number of hydrogen-bond acceptors (Lipinski definition) is 6. The summed E-state index contributed by atoms with van der Waals surface area (Å²) in [5, 5.41) is 31.8. The van der Waals surface area contributed by atoms with E-state index < -0.39 is 0 Å². The molecule has 1 aliphatic heterocycles. The van der Waals surface area contributed by atoms with Gasteiger partial charge in [-0.2, -0.15) is 30.6 Å². The fraction of sp³-hybridized carbons (Fsp3) is 0.389. The number of nitrogens with one attached hydrogen (secondary N) is 3. The second-order valence-electron chi connectivity index (χ2n) is 46.2. The molecule has 0 fully saturated rings. The molecule has 0 saturated heterocycles. The van der Waals surface area contributed by atoms with E-state index in [-0.39, 0.29) is 55.7 Å². The number of aliphatic hydroxyl groups excluding tert-OH is 1. The van der Waals surface area contributed by atoms with Crippen molar-refractivity contribution in [2.24, 2.45) is 14.1 Å². The Kier molecular flexibility index (Phi) is 38.6. The number of aryl methyl sites for hydroxylation is 4. The van der Waals surface area contributed by atoms with Crippen LogP contribution in [0.25, 0.3) is 89.3 Å². The zero-order valence-corrected chi connectivity index (χ0v) is 91.4. The van der Waals surface area contributed by atoms with E-state index in [4.69, 9.17) is 5.11 Å². The van der Waals surface area contributed by atoms with Gasteiger partial charge in [-0.05, 0) is 186 Å². The van der Waals surface area contributed by atoms with Gasteiger partial charge in [-0.25, -0.2) is 4.39 Å². The molecule has 1 aliphatic rings. The van der Waals surface area contributed by atoms with Crippen molar-refractivity contribution in [2.45, 2.75) is 282 Å². The molecule has 16 heteroatoms. The van der Waals surface area contributed by atoms with Gasteiger partial charge in [0.2, 0.25) is 18.6 Å². The minimum atomic E-state index is -0.170. The summed E-state index contributed by atoms with van der Waals surface area (Å²) in [7, 11) is 8.10. The minimum absolute atomic E-state index is 0.133. The van der Waals surface area contributed by atoms with Gasteiger partial charge in [-0.3, -0.25) is 19.0 Å². The summed E-state index contributed by atoms with van der Waals surface area (Å²) >= 11 is 0. The summed E-state index contributed by atoms with van der Waals surface area (Å²) in [5.74, 6) is -0.170. The van der Waals surface area contributed by atoms with Crippen LogP contribution in [0.15, 0.2) is 305 Å². The molecule has 0 radical (unpaired) electrons. The molecule has 0 spiro atoms. The predicted molar refractivity (Wildman–Crippen MR) is 594 cm³/mol. The smallest absolute Gasteiger partial charge is 0.203 e. The number of hydrogen-bond donors (Lipinski definition) is 4. The van der Waals surface area contributed by atoms with Gasteiger partial charge in [0.15, 0.2) is 19.6 Å². The first-order valence-electron chi connectivity index (χ1n) is 50.9. The molecule has 750 valence electrons. The van der Waals surface area contributed by atoms with Crippen LogP contribution in [-0.2, 0) is 90.0 Å². The first kappa shape index (κ1) is 111. The van der Waals surface area contributed by atoms with E-state index >= 15 is 0 Å². The molecular formula is C126H166FN14O+3. The average Bonchev–Trinajstić information content (AvgIpc) is 1.66. The second-order valence-corrected chi connectivity index (χ2v) is 46.2. The Morgan fingerprint density at radius 3 is 1.04 bits per heavy atom. The van der Waals surface area contributed by atoms with Crippen LogP contribution in [0, 0.1) is 12.7 Å². The minimum Gasteiger partial charge on any atom is -0.390 e. The Morgan fingerprint density at radius 2 is 0.704 bits per heavy atom. The van der Waals surface area contributed by atoms with Crippen LogP contribution in [0.5, 0.6) is 0 Å². The number of unbranched alkanes of at least 4 members (excludes halogenated alkanes) is 1. The van der Waals surface area contributed by atoms with E-state index in [1.165, 1.54) is 149 Å². The monoisotopic (exact) mass is 1910 g/mol. The summed E-state index contributed by atoms with van der Waals surface area (Å²) in [6.45, 7) is 62.7. The van der Waals surface area contributed by atoms with E-state index in [0.717, 1.165) is 55.1 Å². The van der Waals surface area contributed by atoms with Crippen molar-refractivity contribution in [1.29, 1.82) is 0 Å². The van der Waals surface area contributed by atoms with Crippen molar-refractivity contribution in [2.75, 3.05) is 27.2 Å². The molecule has 8 heterocycles. The highest BCUT2D eigenvalue weighted by molar-refractivity contribution is 5.69. The maximum absolute atomic E-state index is 13.6. The Labute approximate surface area is 851 Å². The molecule has 7 aromatic heterocycles. The predicted octanol–water partition coefficient (Wildman–Crippen LogP) is 29.3. The highest BCUT2D eigenvalue weighted by Gasteiger charge is 2.24. The molecule has 0 unspecified atom stereocenters. The van der Waals surface area contributed by atoms with Crippen molar-refractivity contribution in [3.05, 3.63) is 366 Å². The number of benzene rings is 9. The Bertz CT molecular complexity index is 6470. The molecule has 0 bridgehead atoms. The van der Waals surface area contributed by atoms with Gasteiger partial charge < -0.3 is 10.0 Å². The van der Waals surface area contributed by atoms with E-state index in [0.29, 0.717) is 12.1 Å². The van der Waals surface area contributed by atoms with Crippen LogP contribution in [0.2, 0.25) is 0 Å². The summed E-state index contributed by atoms with van der Waals surface area (Å²) in [4.78, 5) is 6.53. The number of aromatic nitrogens is 13. The van der Waals surface area contributed by atoms with Crippen molar-refractivity contribution >= 4 is 0 Å². The molecule has 0 atom stereocenters. The number of likely N-dealkylation sites (N-methyl/N-ethyl adjacent to an activating group) is 1. The van der Waals surface area contributed by atoms with Gasteiger partial charge in [0.25, 0.3) is 0 Å². The Balaban J connectivity index is 0.000000167. The third-order valence-electron chi connectivity index (χ3n) is 25.9. The second kappa shape index (κ2) is 49.3. The Morgan fingerprint density at radius 1 is 0.366 bits per heavy atom. The fourth-order valence-corrected chi connectivity index (χ4v) is 16.3. The third kappa shape index (κ3) is 33.2. The Hall–Kier alpha value is -12.8. The average molecular weight is 1910 g/mol. The van der Waals surface area contributed by atoms with E-state index in [2.05, 4.69) is 455 Å². The molecule has 0 aliphatic carbocycles. The molecule has 17 rings (SSSR count). The first-order valence-corrected chi connectivity index (χ1v) is 50.9. The zero-order chi connectivity index (χ0) is 104.